The molecular weight excluding hydrogens is 507 g/mol. The van der Waals surface area contributed by atoms with E-state index < -0.39 is 11.9 Å². The molecule has 1 aromatic carbocycles. The monoisotopic (exact) mass is 532 g/mol. The summed E-state index contributed by atoms with van der Waals surface area (Å²) in [5.74, 6) is 0.352. The van der Waals surface area contributed by atoms with Gasteiger partial charge < -0.3 is 5.32 Å². The quantitative estimate of drug-likeness (QED) is 0.502. The Labute approximate surface area is 224 Å². The van der Waals surface area contributed by atoms with Crippen LogP contribution in [0.1, 0.15) is 70.8 Å². The van der Waals surface area contributed by atoms with Gasteiger partial charge in [-0.05, 0) is 68.7 Å². The van der Waals surface area contributed by atoms with Crippen molar-refractivity contribution in [2.45, 2.75) is 51.1 Å². The van der Waals surface area contributed by atoms with Gasteiger partial charge in [-0.15, -0.1) is 0 Å². The maximum Gasteiger partial charge on any atom is 0.254 e. The second-order valence-electron chi connectivity index (χ2n) is 10.6. The van der Waals surface area contributed by atoms with Gasteiger partial charge in [0.05, 0.1) is 29.4 Å². The largest absolute Gasteiger partial charge is 0.349 e. The van der Waals surface area contributed by atoms with Gasteiger partial charge in [0.1, 0.15) is 11.6 Å². The average molecular weight is 533 g/mol. The van der Waals surface area contributed by atoms with Crippen molar-refractivity contribution in [3.63, 3.8) is 0 Å². The fourth-order valence-electron chi connectivity index (χ4n) is 5.67. The minimum Gasteiger partial charge on any atom is -0.349 e. The highest BCUT2D eigenvalue weighted by Crippen LogP contribution is 2.47. The summed E-state index contributed by atoms with van der Waals surface area (Å²) in [5.41, 5.74) is 2.58. The van der Waals surface area contributed by atoms with Gasteiger partial charge in [0.2, 0.25) is 5.91 Å². The van der Waals surface area contributed by atoms with Crippen molar-refractivity contribution < 1.29 is 14.0 Å². The van der Waals surface area contributed by atoms with Crippen LogP contribution in [0.2, 0.25) is 5.02 Å². The van der Waals surface area contributed by atoms with Crippen LogP contribution in [0.3, 0.4) is 0 Å². The van der Waals surface area contributed by atoms with Gasteiger partial charge in [0, 0.05) is 47.0 Å². The number of amides is 2. The van der Waals surface area contributed by atoms with Crippen LogP contribution in [0, 0.1) is 35.9 Å². The third kappa shape index (κ3) is 4.13. The summed E-state index contributed by atoms with van der Waals surface area (Å²) in [6, 6.07) is 6.93. The van der Waals surface area contributed by atoms with Crippen LogP contribution < -0.4 is 10.2 Å². The molecule has 0 radical (unpaired) electrons. The standard InChI is InChI=1S/C28H26ClFN6O2/c1-14-25(30)24(11-32-26(14)35-12-18-7-23(18)28(35)38)15(2)36-13-19(10-33-36)27(37)34-21-5-17(6-21)22-8-20(29)4-3-16(22)9-31/h3-4,8,10-11,13,15,17-18,21,23H,5-7,12H2,1-2H3,(H,34,37)/t15?,17-,18?,21+,23?. The number of hydrogen-bond donors (Lipinski definition) is 1. The Hall–Kier alpha value is -3.77. The van der Waals surface area contributed by atoms with E-state index in [9.17, 15) is 14.9 Å². The lowest BCUT2D eigenvalue weighted by Crippen LogP contribution is -2.43. The normalized spacial score (nSPS) is 24.4. The number of nitrogens with zero attached hydrogens (tertiary/aromatic N) is 5. The van der Waals surface area contributed by atoms with E-state index in [1.165, 1.54) is 12.4 Å². The molecule has 3 aliphatic rings. The molecule has 3 aromatic rings. The molecular formula is C28H26ClFN6O2. The molecule has 1 N–H and O–H groups in total. The number of aromatic nitrogens is 3. The van der Waals surface area contributed by atoms with Gasteiger partial charge in [0.15, 0.2) is 0 Å². The van der Waals surface area contributed by atoms with E-state index in [-0.39, 0.29) is 29.7 Å². The average Bonchev–Trinajstić information content (AvgIpc) is 3.33. The molecule has 0 bridgehead atoms. The molecule has 0 spiro atoms. The Balaban J connectivity index is 1.11. The number of nitriles is 1. The predicted molar refractivity (Wildman–Crippen MR) is 138 cm³/mol. The van der Waals surface area contributed by atoms with Crippen molar-refractivity contribution in [3.05, 3.63) is 75.4 Å². The Bertz CT molecular complexity index is 1510. The van der Waals surface area contributed by atoms with Crippen LogP contribution in [0.15, 0.2) is 36.8 Å². The van der Waals surface area contributed by atoms with Crippen molar-refractivity contribution >= 4 is 29.2 Å². The van der Waals surface area contributed by atoms with Gasteiger partial charge in [-0.2, -0.15) is 10.4 Å². The Morgan fingerprint density at radius 2 is 2.08 bits per heavy atom. The van der Waals surface area contributed by atoms with Gasteiger partial charge in [0.25, 0.3) is 5.91 Å². The smallest absolute Gasteiger partial charge is 0.254 e. The van der Waals surface area contributed by atoms with E-state index in [0.717, 1.165) is 24.8 Å². The maximum absolute atomic E-state index is 15.4. The van der Waals surface area contributed by atoms with Crippen LogP contribution in [-0.2, 0) is 4.79 Å². The third-order valence-corrected chi connectivity index (χ3v) is 8.42. The molecule has 10 heteroatoms. The van der Waals surface area contributed by atoms with Crippen LogP contribution in [0.4, 0.5) is 10.2 Å². The zero-order valence-electron chi connectivity index (χ0n) is 21.0. The lowest BCUT2D eigenvalue weighted by Gasteiger charge is -2.36. The SMILES string of the molecule is Cc1c(N2CC3CC3C2=O)ncc(C(C)n2cc(C(=O)N[C@H]3C[C@@H](c4cc(Cl)ccc4C#N)C3)cn2)c1F. The van der Waals surface area contributed by atoms with Gasteiger partial charge in [-0.25, -0.2) is 9.37 Å². The zero-order chi connectivity index (χ0) is 26.7. The maximum atomic E-state index is 15.4. The Morgan fingerprint density at radius 3 is 2.79 bits per heavy atom. The Morgan fingerprint density at radius 1 is 1.29 bits per heavy atom. The molecule has 3 unspecified atom stereocenters. The van der Waals surface area contributed by atoms with Gasteiger partial charge in [-0.3, -0.25) is 19.2 Å². The molecule has 194 valence electrons. The number of halogens is 2. The summed E-state index contributed by atoms with van der Waals surface area (Å²) >= 11 is 6.11. The molecule has 2 aliphatic carbocycles. The number of anilines is 1. The van der Waals surface area contributed by atoms with E-state index >= 15 is 4.39 Å². The van der Waals surface area contributed by atoms with E-state index in [1.54, 1.807) is 41.8 Å². The van der Waals surface area contributed by atoms with Crippen molar-refractivity contribution in [3.8, 4) is 6.07 Å². The number of hydrogen-bond acceptors (Lipinski definition) is 5. The molecule has 6 rings (SSSR count). The molecule has 3 atom stereocenters. The number of nitrogens with one attached hydrogen (secondary N) is 1. The fraction of sp³-hybridized carbons (Fsp3) is 0.393. The first-order chi connectivity index (χ1) is 18.2. The number of fused-ring (bicyclic) bond motifs is 1. The van der Waals surface area contributed by atoms with Crippen molar-refractivity contribution in [1.82, 2.24) is 20.1 Å². The summed E-state index contributed by atoms with van der Waals surface area (Å²) in [4.78, 5) is 31.3. The predicted octanol–water partition coefficient (Wildman–Crippen LogP) is 4.52. The van der Waals surface area contributed by atoms with Crippen molar-refractivity contribution in [2.24, 2.45) is 11.8 Å². The van der Waals surface area contributed by atoms with Crippen molar-refractivity contribution in [1.29, 1.82) is 5.26 Å². The lowest BCUT2D eigenvalue weighted by atomic mass is 9.74. The molecule has 3 fully saturated rings. The number of carbonyl (C=O) groups is 2. The summed E-state index contributed by atoms with van der Waals surface area (Å²) < 4.78 is 16.9. The summed E-state index contributed by atoms with van der Waals surface area (Å²) in [6.45, 7) is 4.03. The molecule has 2 aromatic heterocycles. The number of pyridine rings is 1. The first kappa shape index (κ1) is 24.6. The van der Waals surface area contributed by atoms with Crippen LogP contribution in [0.5, 0.6) is 0 Å². The molecule has 3 heterocycles. The number of piperidine rings is 1. The van der Waals surface area contributed by atoms with Crippen LogP contribution in [0.25, 0.3) is 0 Å². The molecule has 8 nitrogen and oxygen atoms in total. The topological polar surface area (TPSA) is 104 Å². The second kappa shape index (κ2) is 9.21. The molecule has 1 aliphatic heterocycles. The van der Waals surface area contributed by atoms with Crippen LogP contribution >= 0.6 is 11.6 Å². The third-order valence-electron chi connectivity index (χ3n) is 8.18. The lowest BCUT2D eigenvalue weighted by molar-refractivity contribution is -0.118. The molecule has 38 heavy (non-hydrogen) atoms. The number of carbonyl (C=O) groups excluding carboxylic acids is 2. The van der Waals surface area contributed by atoms with Gasteiger partial charge >= 0.3 is 0 Å². The highest BCUT2D eigenvalue weighted by atomic mass is 35.5. The van der Waals surface area contributed by atoms with E-state index in [4.69, 9.17) is 11.6 Å². The highest BCUT2D eigenvalue weighted by Gasteiger charge is 2.53. The first-order valence-corrected chi connectivity index (χ1v) is 13.1. The highest BCUT2D eigenvalue weighted by molar-refractivity contribution is 6.30. The molecule has 1 saturated heterocycles. The Kier molecular flexibility index (Phi) is 5.95. The van der Waals surface area contributed by atoms with Crippen molar-refractivity contribution in [2.75, 3.05) is 11.4 Å². The molecule has 2 saturated carbocycles. The van der Waals surface area contributed by atoms with E-state index in [0.29, 0.717) is 45.6 Å². The summed E-state index contributed by atoms with van der Waals surface area (Å²) in [6.07, 6.45) is 6.88. The minimum absolute atomic E-state index is 0.0185. The zero-order valence-corrected chi connectivity index (χ0v) is 21.7. The number of rotatable bonds is 6. The van der Waals surface area contributed by atoms with E-state index in [1.807, 2.05) is 6.07 Å². The number of benzene rings is 1. The summed E-state index contributed by atoms with van der Waals surface area (Å²) in [5, 5.41) is 17.3. The fourth-order valence-corrected chi connectivity index (χ4v) is 5.85. The van der Waals surface area contributed by atoms with Gasteiger partial charge in [-0.1, -0.05) is 11.6 Å². The minimum atomic E-state index is -0.500. The van der Waals surface area contributed by atoms with E-state index in [2.05, 4.69) is 21.5 Å². The summed E-state index contributed by atoms with van der Waals surface area (Å²) in [7, 11) is 0. The van der Waals surface area contributed by atoms with Crippen LogP contribution in [-0.4, -0.2) is 39.2 Å². The molecule has 2 amide bonds. The second-order valence-corrected chi connectivity index (χ2v) is 11.0. The first-order valence-electron chi connectivity index (χ1n) is 12.8.